The molecule has 0 spiro atoms. The van der Waals surface area contributed by atoms with Crippen LogP contribution in [0.5, 0.6) is 0 Å². The standard InChI is InChI=1S/C11H16ClNO/c1-3-5-11(6-4-9-14-2)10-13-8-7-12/h3-6,10H,1,7-9H2,2H3/b6-4-,11-5+,13-10?. The lowest BCUT2D eigenvalue weighted by atomic mass is 10.2. The molecule has 0 aliphatic rings. The molecule has 0 heterocycles. The van der Waals surface area contributed by atoms with Gasteiger partial charge < -0.3 is 4.74 Å². The van der Waals surface area contributed by atoms with Crippen molar-refractivity contribution in [1.29, 1.82) is 0 Å². The first-order chi connectivity index (χ1) is 6.85. The third kappa shape index (κ3) is 7.77. The van der Waals surface area contributed by atoms with E-state index in [1.54, 1.807) is 19.4 Å². The third-order valence-corrected chi connectivity index (χ3v) is 1.51. The summed E-state index contributed by atoms with van der Waals surface area (Å²) in [6, 6.07) is 0. The molecule has 0 unspecified atom stereocenters. The lowest BCUT2D eigenvalue weighted by Crippen LogP contribution is -1.86. The molecule has 0 rings (SSSR count). The van der Waals surface area contributed by atoms with Crippen LogP contribution in [0.3, 0.4) is 0 Å². The van der Waals surface area contributed by atoms with Gasteiger partial charge in [0.25, 0.3) is 0 Å². The Hall–Kier alpha value is -0.860. The van der Waals surface area contributed by atoms with Gasteiger partial charge in [-0.15, -0.1) is 11.6 Å². The van der Waals surface area contributed by atoms with Crippen LogP contribution in [0.15, 0.2) is 41.4 Å². The second-order valence-electron chi connectivity index (χ2n) is 2.48. The molecular weight excluding hydrogens is 198 g/mol. The molecule has 0 fully saturated rings. The zero-order valence-electron chi connectivity index (χ0n) is 8.45. The first-order valence-electron chi connectivity index (χ1n) is 4.39. The number of allylic oxidation sites excluding steroid dienone is 4. The van der Waals surface area contributed by atoms with E-state index >= 15 is 0 Å². The fourth-order valence-corrected chi connectivity index (χ4v) is 0.874. The molecule has 0 atom stereocenters. The molecule has 0 amide bonds. The van der Waals surface area contributed by atoms with E-state index < -0.39 is 0 Å². The van der Waals surface area contributed by atoms with E-state index in [1.807, 2.05) is 18.2 Å². The van der Waals surface area contributed by atoms with Gasteiger partial charge in [0, 0.05) is 19.2 Å². The predicted octanol–water partition coefficient (Wildman–Crippen LogP) is 2.61. The van der Waals surface area contributed by atoms with Crippen molar-refractivity contribution in [3.63, 3.8) is 0 Å². The monoisotopic (exact) mass is 213 g/mol. The van der Waals surface area contributed by atoms with Crippen molar-refractivity contribution in [2.24, 2.45) is 4.99 Å². The highest BCUT2D eigenvalue weighted by atomic mass is 35.5. The fourth-order valence-electron chi connectivity index (χ4n) is 0.777. The number of halogens is 1. The Morgan fingerprint density at radius 1 is 1.57 bits per heavy atom. The molecule has 78 valence electrons. The molecule has 0 saturated carbocycles. The maximum Gasteiger partial charge on any atom is 0.0646 e. The normalized spacial score (nSPS) is 12.9. The maximum absolute atomic E-state index is 5.50. The van der Waals surface area contributed by atoms with Gasteiger partial charge in [-0.1, -0.05) is 30.9 Å². The van der Waals surface area contributed by atoms with Crippen molar-refractivity contribution in [2.75, 3.05) is 26.1 Å². The second kappa shape index (κ2) is 10.2. The second-order valence-corrected chi connectivity index (χ2v) is 2.86. The molecule has 0 radical (unpaired) electrons. The van der Waals surface area contributed by atoms with E-state index in [0.717, 1.165) is 5.57 Å². The van der Waals surface area contributed by atoms with Gasteiger partial charge in [-0.05, 0) is 5.57 Å². The number of aliphatic imine (C=N–C) groups is 1. The van der Waals surface area contributed by atoms with Crippen LogP contribution >= 0.6 is 11.6 Å². The van der Waals surface area contributed by atoms with E-state index in [0.29, 0.717) is 19.0 Å². The summed E-state index contributed by atoms with van der Waals surface area (Å²) in [5.74, 6) is 0.541. The summed E-state index contributed by atoms with van der Waals surface area (Å²) in [5, 5.41) is 0. The molecule has 3 heteroatoms. The van der Waals surface area contributed by atoms with Gasteiger partial charge in [-0.3, -0.25) is 4.99 Å². The van der Waals surface area contributed by atoms with Crippen LogP contribution < -0.4 is 0 Å². The van der Waals surface area contributed by atoms with E-state index in [1.165, 1.54) is 0 Å². The number of ether oxygens (including phenoxy) is 1. The lowest BCUT2D eigenvalue weighted by Gasteiger charge is -1.92. The average molecular weight is 214 g/mol. The first kappa shape index (κ1) is 13.1. The average Bonchev–Trinajstić information content (AvgIpc) is 2.18. The van der Waals surface area contributed by atoms with Crippen molar-refractivity contribution in [3.8, 4) is 0 Å². The molecule has 14 heavy (non-hydrogen) atoms. The Kier molecular flexibility index (Phi) is 9.59. The Labute approximate surface area is 90.6 Å². The van der Waals surface area contributed by atoms with Crippen LogP contribution in [-0.2, 0) is 4.74 Å². The van der Waals surface area contributed by atoms with Crippen LogP contribution in [0.2, 0.25) is 0 Å². The molecule has 0 bridgehead atoms. The van der Waals surface area contributed by atoms with Crippen molar-refractivity contribution in [1.82, 2.24) is 0 Å². The van der Waals surface area contributed by atoms with Crippen LogP contribution in [0.1, 0.15) is 0 Å². The van der Waals surface area contributed by atoms with Crippen molar-refractivity contribution in [3.05, 3.63) is 36.5 Å². The quantitative estimate of drug-likeness (QED) is 0.362. The molecule has 0 aliphatic carbocycles. The van der Waals surface area contributed by atoms with E-state index in [-0.39, 0.29) is 0 Å². The van der Waals surface area contributed by atoms with Gasteiger partial charge >= 0.3 is 0 Å². The lowest BCUT2D eigenvalue weighted by molar-refractivity contribution is 0.234. The molecule has 0 N–H and O–H groups in total. The van der Waals surface area contributed by atoms with Crippen LogP contribution in [0.25, 0.3) is 0 Å². The minimum atomic E-state index is 0.541. The summed E-state index contributed by atoms with van der Waals surface area (Å²) in [4.78, 5) is 4.12. The Morgan fingerprint density at radius 3 is 2.93 bits per heavy atom. The highest BCUT2D eigenvalue weighted by molar-refractivity contribution is 6.18. The Bertz CT molecular complexity index is 213. The molecule has 0 aromatic rings. The Balaban J connectivity index is 4.16. The largest absolute Gasteiger partial charge is 0.381 e. The Morgan fingerprint density at radius 2 is 2.36 bits per heavy atom. The maximum atomic E-state index is 5.50. The number of rotatable bonds is 7. The summed E-state index contributed by atoms with van der Waals surface area (Å²) in [7, 11) is 1.66. The van der Waals surface area contributed by atoms with Crippen molar-refractivity contribution < 1.29 is 4.74 Å². The third-order valence-electron chi connectivity index (χ3n) is 1.34. The van der Waals surface area contributed by atoms with Crippen LogP contribution in [0.4, 0.5) is 0 Å². The summed E-state index contributed by atoms with van der Waals surface area (Å²) in [6.45, 7) is 4.86. The van der Waals surface area contributed by atoms with Gasteiger partial charge in [0.1, 0.15) is 0 Å². The van der Waals surface area contributed by atoms with Gasteiger partial charge in [-0.25, -0.2) is 0 Å². The van der Waals surface area contributed by atoms with E-state index in [4.69, 9.17) is 16.3 Å². The van der Waals surface area contributed by atoms with Gasteiger partial charge in [0.15, 0.2) is 0 Å². The highest BCUT2D eigenvalue weighted by Gasteiger charge is 1.84. The van der Waals surface area contributed by atoms with Crippen molar-refractivity contribution in [2.45, 2.75) is 0 Å². The number of nitrogens with zero attached hydrogens (tertiary/aromatic N) is 1. The number of alkyl halides is 1. The fraction of sp³-hybridized carbons (Fsp3) is 0.364. The number of methoxy groups -OCH3 is 1. The summed E-state index contributed by atoms with van der Waals surface area (Å²) >= 11 is 5.50. The van der Waals surface area contributed by atoms with E-state index in [2.05, 4.69) is 11.6 Å². The summed E-state index contributed by atoms with van der Waals surface area (Å²) < 4.78 is 4.89. The smallest absolute Gasteiger partial charge is 0.0646 e. The first-order valence-corrected chi connectivity index (χ1v) is 4.92. The zero-order valence-corrected chi connectivity index (χ0v) is 9.20. The number of hydrogen-bond acceptors (Lipinski definition) is 2. The minimum Gasteiger partial charge on any atom is -0.381 e. The summed E-state index contributed by atoms with van der Waals surface area (Å²) in [5.41, 5.74) is 0.988. The SMILES string of the molecule is C=C/C=C(C=NCCCl)\C=C/COC. The minimum absolute atomic E-state index is 0.541. The van der Waals surface area contributed by atoms with Gasteiger partial charge in [0.05, 0.1) is 13.2 Å². The zero-order chi connectivity index (χ0) is 10.6. The molecular formula is C11H16ClNO. The predicted molar refractivity (Wildman–Crippen MR) is 63.4 cm³/mol. The molecule has 0 aromatic heterocycles. The highest BCUT2D eigenvalue weighted by Crippen LogP contribution is 1.94. The molecule has 0 saturated heterocycles. The van der Waals surface area contributed by atoms with Gasteiger partial charge in [-0.2, -0.15) is 0 Å². The summed E-state index contributed by atoms with van der Waals surface area (Å²) in [6.07, 6.45) is 9.23. The van der Waals surface area contributed by atoms with Crippen molar-refractivity contribution >= 4 is 17.8 Å². The van der Waals surface area contributed by atoms with E-state index in [9.17, 15) is 0 Å². The van der Waals surface area contributed by atoms with Crippen LogP contribution in [0, 0.1) is 0 Å². The van der Waals surface area contributed by atoms with Gasteiger partial charge in [0.2, 0.25) is 0 Å². The van der Waals surface area contributed by atoms with Crippen LogP contribution in [-0.4, -0.2) is 32.4 Å². The number of hydrogen-bond donors (Lipinski definition) is 0. The molecule has 2 nitrogen and oxygen atoms in total. The molecule has 0 aromatic carbocycles. The molecule has 0 aliphatic heterocycles. The topological polar surface area (TPSA) is 21.6 Å².